The summed E-state index contributed by atoms with van der Waals surface area (Å²) in [5.74, 6) is 0.507. The van der Waals surface area contributed by atoms with E-state index in [2.05, 4.69) is 16.2 Å². The SMILES string of the molecule is COc1ccc(C(C)(C)CC(O)(CNc2cccc3c2CNN3)C(F)(F)F)c(Cl)c1. The Kier molecular flexibility index (Phi) is 6.13. The lowest BCUT2D eigenvalue weighted by atomic mass is 9.74. The summed E-state index contributed by atoms with van der Waals surface area (Å²) in [4.78, 5) is 0. The molecule has 4 N–H and O–H groups in total. The number of alkyl halides is 3. The number of benzene rings is 2. The summed E-state index contributed by atoms with van der Waals surface area (Å²) in [5.41, 5.74) is 4.49. The second kappa shape index (κ2) is 8.17. The van der Waals surface area contributed by atoms with Gasteiger partial charge in [0.1, 0.15) is 5.75 Å². The number of methoxy groups -OCH3 is 1. The number of anilines is 2. The van der Waals surface area contributed by atoms with Crippen LogP contribution in [0.3, 0.4) is 0 Å². The van der Waals surface area contributed by atoms with Crippen molar-refractivity contribution in [2.75, 3.05) is 24.4 Å². The molecule has 30 heavy (non-hydrogen) atoms. The van der Waals surface area contributed by atoms with Crippen LogP contribution in [0.5, 0.6) is 5.75 Å². The number of nitrogens with one attached hydrogen (secondary N) is 3. The number of rotatable bonds is 7. The molecule has 0 amide bonds. The van der Waals surface area contributed by atoms with Gasteiger partial charge in [0.2, 0.25) is 0 Å². The summed E-state index contributed by atoms with van der Waals surface area (Å²) >= 11 is 6.30. The molecule has 0 spiro atoms. The van der Waals surface area contributed by atoms with Crippen LogP contribution in [0.2, 0.25) is 5.02 Å². The Morgan fingerprint density at radius 3 is 2.57 bits per heavy atom. The van der Waals surface area contributed by atoms with Crippen molar-refractivity contribution in [2.24, 2.45) is 0 Å². The quantitative estimate of drug-likeness (QED) is 0.492. The van der Waals surface area contributed by atoms with Gasteiger partial charge in [0.15, 0.2) is 5.60 Å². The van der Waals surface area contributed by atoms with Crippen LogP contribution in [0, 0.1) is 0 Å². The fraction of sp³-hybridized carbons (Fsp3) is 0.429. The highest BCUT2D eigenvalue weighted by atomic mass is 35.5. The lowest BCUT2D eigenvalue weighted by molar-refractivity contribution is -0.260. The van der Waals surface area contributed by atoms with Crippen molar-refractivity contribution in [1.82, 2.24) is 5.43 Å². The standard InChI is InChI=1S/C21H25ClF3N3O2/c1-19(2,15-8-7-13(30-3)9-16(15)22)11-20(29,21(23,24)25)12-26-17-5-4-6-18-14(17)10-27-28-18/h4-9,26-29H,10-12H2,1-3H3. The first kappa shape index (κ1) is 22.5. The molecule has 0 bridgehead atoms. The maximum atomic E-state index is 14.0. The van der Waals surface area contributed by atoms with E-state index in [9.17, 15) is 18.3 Å². The van der Waals surface area contributed by atoms with Crippen molar-refractivity contribution < 1.29 is 23.0 Å². The first-order chi connectivity index (χ1) is 14.0. The lowest BCUT2D eigenvalue weighted by Crippen LogP contribution is -2.53. The largest absolute Gasteiger partial charge is 0.497 e. The van der Waals surface area contributed by atoms with Gasteiger partial charge in [0.05, 0.1) is 19.3 Å². The molecule has 1 unspecified atom stereocenters. The van der Waals surface area contributed by atoms with E-state index in [0.29, 0.717) is 23.5 Å². The van der Waals surface area contributed by atoms with Crippen molar-refractivity contribution >= 4 is 23.0 Å². The zero-order valence-corrected chi connectivity index (χ0v) is 17.7. The maximum Gasteiger partial charge on any atom is 0.418 e. The van der Waals surface area contributed by atoms with Gasteiger partial charge in [-0.15, -0.1) is 0 Å². The summed E-state index contributed by atoms with van der Waals surface area (Å²) in [7, 11) is 1.48. The smallest absolute Gasteiger partial charge is 0.418 e. The second-order valence-electron chi connectivity index (χ2n) is 8.10. The van der Waals surface area contributed by atoms with Gasteiger partial charge in [-0.2, -0.15) is 13.2 Å². The van der Waals surface area contributed by atoms with Gasteiger partial charge in [0, 0.05) is 22.8 Å². The topological polar surface area (TPSA) is 65.5 Å². The summed E-state index contributed by atoms with van der Waals surface area (Å²) in [6.07, 6.45) is -5.42. The average Bonchev–Trinajstić information content (AvgIpc) is 3.14. The summed E-state index contributed by atoms with van der Waals surface area (Å²) in [6, 6.07) is 10.1. The highest BCUT2D eigenvalue weighted by molar-refractivity contribution is 6.31. The first-order valence-corrected chi connectivity index (χ1v) is 9.82. The zero-order valence-electron chi connectivity index (χ0n) is 17.0. The lowest BCUT2D eigenvalue weighted by Gasteiger charge is -2.38. The molecular weight excluding hydrogens is 419 g/mol. The molecule has 2 aromatic carbocycles. The maximum absolute atomic E-state index is 14.0. The van der Waals surface area contributed by atoms with Crippen LogP contribution in [-0.4, -0.2) is 30.5 Å². The van der Waals surface area contributed by atoms with Gasteiger partial charge in [-0.05, 0) is 41.7 Å². The molecule has 164 valence electrons. The Balaban J connectivity index is 1.86. The van der Waals surface area contributed by atoms with Crippen molar-refractivity contribution in [2.45, 2.75) is 44.0 Å². The normalized spacial score (nSPS) is 15.9. The molecule has 0 radical (unpaired) electrons. The number of hydrogen-bond acceptors (Lipinski definition) is 5. The molecule has 9 heteroatoms. The van der Waals surface area contributed by atoms with Crippen LogP contribution in [0.25, 0.3) is 0 Å². The molecule has 0 aliphatic carbocycles. The fourth-order valence-electron chi connectivity index (χ4n) is 3.79. The van der Waals surface area contributed by atoms with E-state index in [1.807, 2.05) is 6.07 Å². The first-order valence-electron chi connectivity index (χ1n) is 9.45. The molecule has 5 nitrogen and oxygen atoms in total. The average molecular weight is 444 g/mol. The predicted molar refractivity (Wildman–Crippen MR) is 112 cm³/mol. The third kappa shape index (κ3) is 4.45. The van der Waals surface area contributed by atoms with Gasteiger partial charge in [-0.3, -0.25) is 0 Å². The third-order valence-corrected chi connectivity index (χ3v) is 5.72. The Morgan fingerprint density at radius 2 is 1.93 bits per heavy atom. The summed E-state index contributed by atoms with van der Waals surface area (Å²) in [6.45, 7) is 3.04. The van der Waals surface area contributed by atoms with Gasteiger partial charge >= 0.3 is 6.18 Å². The van der Waals surface area contributed by atoms with Crippen molar-refractivity contribution in [3.05, 3.63) is 52.5 Å². The highest BCUT2D eigenvalue weighted by Crippen LogP contribution is 2.43. The molecular formula is C21H25ClF3N3O2. The van der Waals surface area contributed by atoms with E-state index < -0.39 is 30.2 Å². The Morgan fingerprint density at radius 1 is 1.20 bits per heavy atom. The highest BCUT2D eigenvalue weighted by Gasteiger charge is 2.56. The molecule has 1 aliphatic rings. The third-order valence-electron chi connectivity index (χ3n) is 5.40. The summed E-state index contributed by atoms with van der Waals surface area (Å²) < 4.78 is 47.0. The molecule has 1 atom stereocenters. The number of aliphatic hydroxyl groups is 1. The molecule has 1 aliphatic heterocycles. The van der Waals surface area contributed by atoms with Gasteiger partial charge in [-0.1, -0.05) is 37.6 Å². The van der Waals surface area contributed by atoms with E-state index >= 15 is 0 Å². The van der Waals surface area contributed by atoms with Crippen LogP contribution in [0.15, 0.2) is 36.4 Å². The van der Waals surface area contributed by atoms with Gasteiger partial charge in [-0.25, -0.2) is 5.43 Å². The molecule has 0 saturated heterocycles. The van der Waals surface area contributed by atoms with Crippen LogP contribution in [-0.2, 0) is 12.0 Å². The summed E-state index contributed by atoms with van der Waals surface area (Å²) in [5, 5.41) is 13.8. The molecule has 3 rings (SSSR count). The van der Waals surface area contributed by atoms with Crippen LogP contribution in [0.1, 0.15) is 31.4 Å². The van der Waals surface area contributed by atoms with Crippen LogP contribution in [0.4, 0.5) is 24.5 Å². The van der Waals surface area contributed by atoms with E-state index in [1.54, 1.807) is 44.2 Å². The minimum Gasteiger partial charge on any atom is -0.497 e. The van der Waals surface area contributed by atoms with E-state index in [-0.39, 0.29) is 5.02 Å². The van der Waals surface area contributed by atoms with E-state index in [4.69, 9.17) is 16.3 Å². The van der Waals surface area contributed by atoms with E-state index in [1.165, 1.54) is 7.11 Å². The number of fused-ring (bicyclic) bond motifs is 1. The molecule has 1 heterocycles. The minimum atomic E-state index is -4.84. The van der Waals surface area contributed by atoms with E-state index in [0.717, 1.165) is 11.3 Å². The minimum absolute atomic E-state index is 0.287. The van der Waals surface area contributed by atoms with Crippen molar-refractivity contribution in [3.8, 4) is 5.75 Å². The number of hydrogen-bond donors (Lipinski definition) is 4. The Bertz CT molecular complexity index is 921. The molecule has 0 saturated carbocycles. The second-order valence-corrected chi connectivity index (χ2v) is 8.51. The Labute approximate surface area is 178 Å². The molecule has 2 aromatic rings. The van der Waals surface area contributed by atoms with Crippen molar-refractivity contribution in [1.29, 1.82) is 0 Å². The molecule has 0 fully saturated rings. The number of ether oxygens (including phenoxy) is 1. The fourth-order valence-corrected chi connectivity index (χ4v) is 4.22. The monoisotopic (exact) mass is 443 g/mol. The van der Waals surface area contributed by atoms with Crippen molar-refractivity contribution in [3.63, 3.8) is 0 Å². The number of halogens is 4. The number of hydrazine groups is 1. The van der Waals surface area contributed by atoms with Gasteiger partial charge in [0.25, 0.3) is 0 Å². The van der Waals surface area contributed by atoms with Gasteiger partial charge < -0.3 is 20.6 Å². The van der Waals surface area contributed by atoms with Crippen LogP contribution < -0.4 is 20.9 Å². The Hall–Kier alpha value is -2.16. The zero-order chi connectivity index (χ0) is 22.2. The van der Waals surface area contributed by atoms with Crippen LogP contribution >= 0.6 is 11.6 Å². The predicted octanol–water partition coefficient (Wildman–Crippen LogP) is 4.85. The molecule has 0 aromatic heterocycles.